The van der Waals surface area contributed by atoms with Gasteiger partial charge in [0, 0.05) is 24.3 Å². The lowest BCUT2D eigenvalue weighted by atomic mass is 9.89. The van der Waals surface area contributed by atoms with Crippen molar-refractivity contribution < 1.29 is 47.2 Å². The Labute approximate surface area is 289 Å². The van der Waals surface area contributed by atoms with Gasteiger partial charge in [-0.2, -0.15) is 9.13 Å². The first-order chi connectivity index (χ1) is 23.9. The predicted octanol–water partition coefficient (Wildman–Crippen LogP) is 5.28. The van der Waals surface area contributed by atoms with E-state index in [1.54, 1.807) is 9.13 Å². The Bertz CT molecular complexity index is 1510. The van der Waals surface area contributed by atoms with Crippen LogP contribution in [0.25, 0.3) is 11.1 Å². The number of unbranched alkanes of at least 4 members (excludes halogenated alkanes) is 4. The third-order valence-electron chi connectivity index (χ3n) is 9.38. The molecule has 0 N–H and O–H groups in total. The second-order valence-corrected chi connectivity index (χ2v) is 13.0. The van der Waals surface area contributed by atoms with Crippen LogP contribution in [0.5, 0.6) is 0 Å². The molecule has 2 aliphatic heterocycles. The molecule has 0 bridgehead atoms. The molecular weight excluding hydrogens is 624 g/mol. The van der Waals surface area contributed by atoms with Crippen LogP contribution in [0.3, 0.4) is 0 Å². The van der Waals surface area contributed by atoms with Crippen molar-refractivity contribution in [2.45, 2.75) is 109 Å². The number of carbonyl (C=O) groups excluding carboxylic acids is 3. The maximum absolute atomic E-state index is 13.1. The minimum atomic E-state index is -0.584. The standard InChI is InChI=1S/C39H50N2O8/c1-4-6-7-8-9-11-28(10-5-2)29-12-14-32(15-13-29)39(44)49-34-27-47-37-33(26-46-38(34)37)48-36(43)25-41-22-18-31(19-23-41)30-16-20-40(21-17-30)24-35(42)45-3/h12-23,28,33-34,37-38H,4-11,24-27H2,1-3H3/q+2. The van der Waals surface area contributed by atoms with Crippen LogP contribution in [0.1, 0.15) is 87.1 Å². The highest BCUT2D eigenvalue weighted by Gasteiger charge is 2.51. The van der Waals surface area contributed by atoms with Crippen molar-refractivity contribution in [2.75, 3.05) is 20.3 Å². The first kappa shape index (κ1) is 36.1. The maximum atomic E-state index is 13.1. The number of ether oxygens (including phenoxy) is 5. The Balaban J connectivity index is 1.08. The molecule has 49 heavy (non-hydrogen) atoms. The average Bonchev–Trinajstić information content (AvgIpc) is 3.71. The van der Waals surface area contributed by atoms with Gasteiger partial charge < -0.3 is 23.7 Å². The molecule has 0 amide bonds. The van der Waals surface area contributed by atoms with E-state index in [0.29, 0.717) is 11.5 Å². The molecule has 1 aromatic carbocycles. The van der Waals surface area contributed by atoms with Crippen LogP contribution in [-0.4, -0.2) is 62.6 Å². The summed E-state index contributed by atoms with van der Waals surface area (Å²) in [5.74, 6) is -0.633. The normalized spacial score (nSPS) is 20.4. The molecule has 2 aromatic heterocycles. The van der Waals surface area contributed by atoms with E-state index >= 15 is 0 Å². The smallest absolute Gasteiger partial charge is 0.373 e. The molecule has 0 saturated carbocycles. The summed E-state index contributed by atoms with van der Waals surface area (Å²) in [4.78, 5) is 37.4. The minimum Gasteiger partial charge on any atom is -0.464 e. The van der Waals surface area contributed by atoms with Gasteiger partial charge in [-0.1, -0.05) is 64.5 Å². The maximum Gasteiger partial charge on any atom is 0.373 e. The topological polar surface area (TPSA) is 105 Å². The summed E-state index contributed by atoms with van der Waals surface area (Å²) in [6.45, 7) is 4.98. The van der Waals surface area contributed by atoms with E-state index in [1.165, 1.54) is 51.2 Å². The molecule has 10 heteroatoms. The van der Waals surface area contributed by atoms with Gasteiger partial charge >= 0.3 is 17.9 Å². The molecule has 5 unspecified atom stereocenters. The molecule has 3 aromatic rings. The van der Waals surface area contributed by atoms with Gasteiger partial charge in [0.15, 0.2) is 37.0 Å². The summed E-state index contributed by atoms with van der Waals surface area (Å²) < 4.78 is 31.6. The van der Waals surface area contributed by atoms with Crippen molar-refractivity contribution in [1.82, 2.24) is 0 Å². The molecule has 10 nitrogen and oxygen atoms in total. The molecule has 2 aliphatic rings. The summed E-state index contributed by atoms with van der Waals surface area (Å²) in [6, 6.07) is 15.5. The van der Waals surface area contributed by atoms with E-state index in [-0.39, 0.29) is 32.3 Å². The highest BCUT2D eigenvalue weighted by Crippen LogP contribution is 2.32. The minimum absolute atomic E-state index is 0.0223. The number of rotatable bonds is 17. The Hall–Kier alpha value is -4.15. The summed E-state index contributed by atoms with van der Waals surface area (Å²) in [6.07, 6.45) is 14.9. The molecular formula is C39H50N2O8+2. The molecule has 0 spiro atoms. The fraction of sp³-hybridized carbons (Fsp3) is 0.513. The molecule has 0 aliphatic carbocycles. The second-order valence-electron chi connectivity index (χ2n) is 13.0. The number of esters is 3. The number of hydrogen-bond donors (Lipinski definition) is 0. The monoisotopic (exact) mass is 674 g/mol. The van der Waals surface area contributed by atoms with E-state index in [9.17, 15) is 14.4 Å². The number of aromatic nitrogens is 2. The number of hydrogen-bond acceptors (Lipinski definition) is 8. The van der Waals surface area contributed by atoms with Crippen molar-refractivity contribution >= 4 is 17.9 Å². The zero-order valence-electron chi connectivity index (χ0n) is 29.0. The lowest BCUT2D eigenvalue weighted by Gasteiger charge is -2.18. The number of pyridine rings is 2. The first-order valence-electron chi connectivity index (χ1n) is 17.7. The van der Waals surface area contributed by atoms with Crippen molar-refractivity contribution in [2.24, 2.45) is 0 Å². The van der Waals surface area contributed by atoms with Crippen LogP contribution in [0.2, 0.25) is 0 Å². The van der Waals surface area contributed by atoms with Gasteiger partial charge in [-0.15, -0.1) is 0 Å². The van der Waals surface area contributed by atoms with Gasteiger partial charge in [-0.05, 0) is 47.6 Å². The highest BCUT2D eigenvalue weighted by atomic mass is 16.7. The van der Waals surface area contributed by atoms with Crippen molar-refractivity contribution in [1.29, 1.82) is 0 Å². The van der Waals surface area contributed by atoms with Crippen molar-refractivity contribution in [3.63, 3.8) is 0 Å². The average molecular weight is 675 g/mol. The number of benzene rings is 1. The Morgan fingerprint density at radius 2 is 1.24 bits per heavy atom. The fourth-order valence-corrected chi connectivity index (χ4v) is 6.63. The van der Waals surface area contributed by atoms with Crippen LogP contribution in [0.15, 0.2) is 73.3 Å². The van der Waals surface area contributed by atoms with E-state index in [2.05, 4.69) is 26.0 Å². The summed E-state index contributed by atoms with van der Waals surface area (Å²) >= 11 is 0. The van der Waals surface area contributed by atoms with Crippen LogP contribution in [0, 0.1) is 0 Å². The van der Waals surface area contributed by atoms with Gasteiger partial charge in [0.2, 0.25) is 13.1 Å². The third-order valence-corrected chi connectivity index (χ3v) is 9.38. The van der Waals surface area contributed by atoms with Crippen LogP contribution in [0.4, 0.5) is 0 Å². The van der Waals surface area contributed by atoms with Gasteiger partial charge in [0.25, 0.3) is 0 Å². The number of carbonyl (C=O) groups is 3. The summed E-state index contributed by atoms with van der Waals surface area (Å²) in [5.41, 5.74) is 3.72. The largest absolute Gasteiger partial charge is 0.464 e. The second kappa shape index (κ2) is 18.0. The molecule has 2 saturated heterocycles. The first-order valence-corrected chi connectivity index (χ1v) is 17.7. The Morgan fingerprint density at radius 1 is 0.694 bits per heavy atom. The number of nitrogens with zero attached hydrogens (tertiary/aromatic N) is 2. The highest BCUT2D eigenvalue weighted by molar-refractivity contribution is 5.89. The van der Waals surface area contributed by atoms with E-state index < -0.39 is 36.4 Å². The summed E-state index contributed by atoms with van der Waals surface area (Å²) in [7, 11) is 1.36. The van der Waals surface area contributed by atoms with Gasteiger partial charge in [0.05, 0.1) is 25.9 Å². The number of methoxy groups -OCH3 is 1. The lowest BCUT2D eigenvalue weighted by Crippen LogP contribution is -2.41. The molecule has 5 rings (SSSR count). The molecule has 262 valence electrons. The van der Waals surface area contributed by atoms with Crippen LogP contribution < -0.4 is 9.13 Å². The molecule has 0 radical (unpaired) electrons. The molecule has 5 atom stereocenters. The van der Waals surface area contributed by atoms with E-state index in [0.717, 1.165) is 24.0 Å². The van der Waals surface area contributed by atoms with Gasteiger partial charge in [-0.25, -0.2) is 14.4 Å². The Morgan fingerprint density at radius 3 is 1.80 bits per heavy atom. The van der Waals surface area contributed by atoms with E-state index in [4.69, 9.17) is 23.7 Å². The quantitative estimate of drug-likeness (QED) is 0.0825. The van der Waals surface area contributed by atoms with Crippen LogP contribution >= 0.6 is 0 Å². The third kappa shape index (κ3) is 9.95. The van der Waals surface area contributed by atoms with Crippen LogP contribution in [-0.2, 0) is 46.4 Å². The van der Waals surface area contributed by atoms with Crippen molar-refractivity contribution in [3.8, 4) is 11.1 Å². The predicted molar refractivity (Wildman–Crippen MR) is 180 cm³/mol. The zero-order chi connectivity index (χ0) is 34.6. The SMILES string of the molecule is CCCCCCCC(CCC)c1ccc(C(=O)OC2COC3C(OC(=O)C[n+]4ccc(-c5cc[n+](CC(=O)OC)cc5)cc4)COC23)cc1. The van der Waals surface area contributed by atoms with Gasteiger partial charge in [0.1, 0.15) is 12.2 Å². The summed E-state index contributed by atoms with van der Waals surface area (Å²) in [5, 5.41) is 0. The fourth-order valence-electron chi connectivity index (χ4n) is 6.63. The van der Waals surface area contributed by atoms with Crippen molar-refractivity contribution in [3.05, 3.63) is 84.4 Å². The van der Waals surface area contributed by atoms with Gasteiger partial charge in [-0.3, -0.25) is 0 Å². The molecule has 4 heterocycles. The number of fused-ring (bicyclic) bond motifs is 1. The molecule has 2 fully saturated rings. The van der Waals surface area contributed by atoms with E-state index in [1.807, 2.05) is 61.2 Å². The lowest BCUT2D eigenvalue weighted by molar-refractivity contribution is -0.686. The Kier molecular flexibility index (Phi) is 13.3. The zero-order valence-corrected chi connectivity index (χ0v) is 29.0.